The lowest BCUT2D eigenvalue weighted by molar-refractivity contribution is 0.230. The molecule has 2 nitrogen and oxygen atoms in total. The molecule has 2 aliphatic rings. The largest absolute Gasteiger partial charge is 0.303 e. The van der Waals surface area contributed by atoms with Crippen molar-refractivity contribution in [3.05, 3.63) is 142 Å². The number of nitrogens with zero attached hydrogens (tertiary/aromatic N) is 2. The molecule has 6 rings (SSSR count). The van der Waals surface area contributed by atoms with Crippen LogP contribution in [0.3, 0.4) is 0 Å². The fourth-order valence-electron chi connectivity index (χ4n) is 6.61. The van der Waals surface area contributed by atoms with Crippen molar-refractivity contribution in [2.75, 3.05) is 39.3 Å². The lowest BCUT2D eigenvalue weighted by Crippen LogP contribution is -2.35. The molecule has 4 aromatic carbocycles. The molecule has 0 radical (unpaired) electrons. The molecule has 0 bridgehead atoms. The van der Waals surface area contributed by atoms with Crippen molar-refractivity contribution in [3.8, 4) is 0 Å². The molecule has 0 aliphatic carbocycles. The maximum Gasteiger partial charge on any atom is 0.00221 e. The lowest BCUT2D eigenvalue weighted by Gasteiger charge is -2.28. The molecule has 0 fully saturated rings. The highest BCUT2D eigenvalue weighted by Crippen LogP contribution is 2.22. The summed E-state index contributed by atoms with van der Waals surface area (Å²) in [5.41, 5.74) is 12.1. The maximum absolute atomic E-state index is 2.73. The molecule has 2 heterocycles. The van der Waals surface area contributed by atoms with E-state index < -0.39 is 0 Å². The molecule has 0 amide bonds. The Bertz CT molecular complexity index is 1170. The lowest BCUT2D eigenvalue weighted by atomic mass is 9.93. The van der Waals surface area contributed by atoms with Crippen LogP contribution in [0.1, 0.15) is 50.9 Å². The van der Waals surface area contributed by atoms with Gasteiger partial charge in [-0.3, -0.25) is 0 Å². The van der Waals surface area contributed by atoms with Gasteiger partial charge < -0.3 is 9.80 Å². The number of rotatable bonds is 4. The van der Waals surface area contributed by atoms with Gasteiger partial charge in [-0.05, 0) is 103 Å². The van der Waals surface area contributed by atoms with E-state index in [1.54, 1.807) is 0 Å². The minimum absolute atomic E-state index is 1.06. The first kappa shape index (κ1) is 26.0. The molecule has 4 aromatic rings. The first-order valence-corrected chi connectivity index (χ1v) is 15.0. The zero-order valence-electron chi connectivity index (χ0n) is 23.3. The van der Waals surface area contributed by atoms with Crippen LogP contribution in [-0.4, -0.2) is 49.1 Å². The van der Waals surface area contributed by atoms with Crippen molar-refractivity contribution in [2.24, 2.45) is 0 Å². The van der Waals surface area contributed by atoms with Crippen LogP contribution in [-0.2, 0) is 38.5 Å². The third-order valence-electron chi connectivity index (χ3n) is 8.97. The van der Waals surface area contributed by atoms with Crippen molar-refractivity contribution < 1.29 is 0 Å². The molecule has 0 aromatic heterocycles. The summed E-state index contributed by atoms with van der Waals surface area (Å²) in [6.07, 6.45) is 7.95. The Morgan fingerprint density at radius 3 is 0.897 bits per heavy atom. The summed E-state index contributed by atoms with van der Waals surface area (Å²) in [6.45, 7) is 6.96. The molecule has 0 N–H and O–H groups in total. The van der Waals surface area contributed by atoms with Crippen molar-refractivity contribution in [1.82, 2.24) is 9.80 Å². The van der Waals surface area contributed by atoms with Gasteiger partial charge in [-0.1, -0.05) is 97.1 Å². The van der Waals surface area contributed by atoms with Gasteiger partial charge in [0.15, 0.2) is 0 Å². The van der Waals surface area contributed by atoms with E-state index >= 15 is 0 Å². The van der Waals surface area contributed by atoms with Gasteiger partial charge in [-0.15, -0.1) is 0 Å². The summed E-state index contributed by atoms with van der Waals surface area (Å²) < 4.78 is 0. The van der Waals surface area contributed by atoms with Crippen molar-refractivity contribution >= 4 is 0 Å². The third kappa shape index (κ3) is 6.69. The molecule has 0 spiro atoms. The molecule has 0 unspecified atom stereocenters. The normalized spacial score (nSPS) is 16.8. The number of benzene rings is 4. The molecule has 39 heavy (non-hydrogen) atoms. The molecule has 0 saturated heterocycles. The van der Waals surface area contributed by atoms with E-state index in [1.165, 1.54) is 64.0 Å². The SMILES string of the molecule is c1ccc2c(c1)CCN(CCCN1CCc3ccccc3Cc3ccccc3CC1)CCc1ccccc1C2. The van der Waals surface area contributed by atoms with Crippen LogP contribution in [0, 0.1) is 0 Å². The van der Waals surface area contributed by atoms with Crippen LogP contribution in [0.25, 0.3) is 0 Å². The average Bonchev–Trinajstić information content (AvgIpc) is 2.98. The maximum atomic E-state index is 2.73. The topological polar surface area (TPSA) is 6.48 Å². The van der Waals surface area contributed by atoms with Gasteiger partial charge >= 0.3 is 0 Å². The number of hydrogen-bond acceptors (Lipinski definition) is 2. The van der Waals surface area contributed by atoms with Gasteiger partial charge in [0, 0.05) is 26.2 Å². The molecule has 2 heteroatoms. The first-order chi connectivity index (χ1) is 19.3. The van der Waals surface area contributed by atoms with E-state index in [0.29, 0.717) is 0 Å². The molecular weight excluding hydrogens is 472 g/mol. The Kier molecular flexibility index (Phi) is 8.53. The van der Waals surface area contributed by atoms with Gasteiger partial charge in [0.2, 0.25) is 0 Å². The predicted molar refractivity (Wildman–Crippen MR) is 164 cm³/mol. The van der Waals surface area contributed by atoms with Gasteiger partial charge in [0.05, 0.1) is 0 Å². The Labute approximate surface area is 235 Å². The second-order valence-electron chi connectivity index (χ2n) is 11.5. The van der Waals surface area contributed by atoms with Crippen LogP contribution in [0.4, 0.5) is 0 Å². The van der Waals surface area contributed by atoms with E-state index in [9.17, 15) is 0 Å². The Morgan fingerprint density at radius 1 is 0.359 bits per heavy atom. The van der Waals surface area contributed by atoms with Crippen LogP contribution >= 0.6 is 0 Å². The Hall–Kier alpha value is -3.20. The van der Waals surface area contributed by atoms with Crippen molar-refractivity contribution in [1.29, 1.82) is 0 Å². The molecular formula is C37H42N2. The van der Waals surface area contributed by atoms with Gasteiger partial charge in [0.1, 0.15) is 0 Å². The van der Waals surface area contributed by atoms with Crippen LogP contribution in [0.2, 0.25) is 0 Å². The standard InChI is InChI=1S/C37H42N2/c1-5-14-34-28-35-15-6-2-11-31(35)19-25-38(24-18-30(34)10-1)22-9-23-39-26-20-32-12-3-7-16-36(32)29-37-17-8-4-13-33(37)21-27-39/h1-8,10-17H,9,18-29H2. The molecule has 0 atom stereocenters. The van der Waals surface area contributed by atoms with Crippen LogP contribution < -0.4 is 0 Å². The Morgan fingerprint density at radius 2 is 0.615 bits per heavy atom. The highest BCUT2D eigenvalue weighted by atomic mass is 15.1. The summed E-state index contributed by atoms with van der Waals surface area (Å²) in [4.78, 5) is 5.45. The minimum Gasteiger partial charge on any atom is -0.303 e. The van der Waals surface area contributed by atoms with Crippen LogP contribution in [0.15, 0.2) is 97.1 Å². The molecule has 2 aliphatic heterocycles. The van der Waals surface area contributed by atoms with Gasteiger partial charge in [0.25, 0.3) is 0 Å². The van der Waals surface area contributed by atoms with Crippen molar-refractivity contribution in [2.45, 2.75) is 44.9 Å². The highest BCUT2D eigenvalue weighted by molar-refractivity contribution is 5.38. The summed E-state index contributed by atoms with van der Waals surface area (Å²) in [6, 6.07) is 36.4. The van der Waals surface area contributed by atoms with E-state index in [-0.39, 0.29) is 0 Å². The second kappa shape index (κ2) is 12.8. The second-order valence-corrected chi connectivity index (χ2v) is 11.5. The summed E-state index contributed by atoms with van der Waals surface area (Å²) >= 11 is 0. The summed E-state index contributed by atoms with van der Waals surface area (Å²) in [5, 5.41) is 0. The highest BCUT2D eigenvalue weighted by Gasteiger charge is 2.16. The van der Waals surface area contributed by atoms with E-state index in [0.717, 1.165) is 64.7 Å². The zero-order valence-corrected chi connectivity index (χ0v) is 23.3. The summed E-state index contributed by atoms with van der Waals surface area (Å²) in [5.74, 6) is 0. The summed E-state index contributed by atoms with van der Waals surface area (Å²) in [7, 11) is 0. The van der Waals surface area contributed by atoms with E-state index in [2.05, 4.69) is 107 Å². The number of hydrogen-bond donors (Lipinski definition) is 0. The quantitative estimate of drug-likeness (QED) is 0.297. The smallest absolute Gasteiger partial charge is 0.00221 e. The molecule has 0 saturated carbocycles. The number of fused-ring (bicyclic) bond motifs is 4. The van der Waals surface area contributed by atoms with Crippen molar-refractivity contribution in [3.63, 3.8) is 0 Å². The first-order valence-electron chi connectivity index (χ1n) is 15.0. The average molecular weight is 515 g/mol. The van der Waals surface area contributed by atoms with Crippen LogP contribution in [0.5, 0.6) is 0 Å². The zero-order chi connectivity index (χ0) is 26.3. The third-order valence-corrected chi connectivity index (χ3v) is 8.97. The minimum atomic E-state index is 1.06. The van der Waals surface area contributed by atoms with E-state index in [4.69, 9.17) is 0 Å². The molecule has 200 valence electrons. The fourth-order valence-corrected chi connectivity index (χ4v) is 6.61. The van der Waals surface area contributed by atoms with Gasteiger partial charge in [-0.25, -0.2) is 0 Å². The van der Waals surface area contributed by atoms with E-state index in [1.807, 2.05) is 0 Å². The fraction of sp³-hybridized carbons (Fsp3) is 0.351. The predicted octanol–water partition coefficient (Wildman–Crippen LogP) is 6.76. The Balaban J connectivity index is 1.12. The monoisotopic (exact) mass is 514 g/mol. The van der Waals surface area contributed by atoms with Gasteiger partial charge in [-0.2, -0.15) is 0 Å².